The van der Waals surface area contributed by atoms with E-state index in [-0.39, 0.29) is 11.1 Å². The smallest absolute Gasteiger partial charge is 0.290 e. The van der Waals surface area contributed by atoms with Gasteiger partial charge in [-0.05, 0) is 73.2 Å². The Morgan fingerprint density at radius 3 is 2.68 bits per heavy atom. The van der Waals surface area contributed by atoms with E-state index in [2.05, 4.69) is 60.9 Å². The van der Waals surface area contributed by atoms with Gasteiger partial charge in [0.2, 0.25) is 5.95 Å². The summed E-state index contributed by atoms with van der Waals surface area (Å²) in [4.78, 5) is 37.0. The van der Waals surface area contributed by atoms with E-state index < -0.39 is 0 Å². The van der Waals surface area contributed by atoms with E-state index in [1.165, 1.54) is 5.56 Å². The van der Waals surface area contributed by atoms with Gasteiger partial charge in [-0.15, -0.1) is 0 Å². The molecule has 0 radical (unpaired) electrons. The fourth-order valence-electron chi connectivity index (χ4n) is 4.10. The van der Waals surface area contributed by atoms with Crippen LogP contribution in [0, 0.1) is 0 Å². The van der Waals surface area contributed by atoms with Crippen molar-refractivity contribution in [2.75, 3.05) is 5.32 Å². The molecule has 3 N–H and O–H groups in total. The van der Waals surface area contributed by atoms with E-state index in [0.717, 1.165) is 55.4 Å². The van der Waals surface area contributed by atoms with Gasteiger partial charge < -0.3 is 10.6 Å². The number of carbonyl (C=O) groups is 2. The zero-order chi connectivity index (χ0) is 23.3. The van der Waals surface area contributed by atoms with E-state index in [4.69, 9.17) is 4.98 Å². The predicted octanol–water partition coefficient (Wildman–Crippen LogP) is 4.44. The molecule has 1 saturated carbocycles. The number of amides is 2. The van der Waals surface area contributed by atoms with Gasteiger partial charge in [-0.3, -0.25) is 19.9 Å². The number of anilines is 1. The maximum absolute atomic E-state index is 11.7. The van der Waals surface area contributed by atoms with Crippen molar-refractivity contribution < 1.29 is 9.59 Å². The van der Waals surface area contributed by atoms with Crippen LogP contribution in [-0.4, -0.2) is 38.2 Å². The van der Waals surface area contributed by atoms with Crippen LogP contribution in [0.1, 0.15) is 37.1 Å². The molecule has 2 fully saturated rings. The molecule has 0 spiro atoms. The van der Waals surface area contributed by atoms with Crippen molar-refractivity contribution in [3.63, 3.8) is 0 Å². The highest BCUT2D eigenvalue weighted by Gasteiger charge is 2.25. The lowest BCUT2D eigenvalue weighted by Gasteiger charge is -2.29. The lowest BCUT2D eigenvalue weighted by molar-refractivity contribution is -0.115. The van der Waals surface area contributed by atoms with Crippen LogP contribution >= 0.6 is 23.1 Å². The molecule has 174 valence electrons. The monoisotopic (exact) mass is 492 g/mol. The van der Waals surface area contributed by atoms with Crippen molar-refractivity contribution in [3.05, 3.63) is 63.6 Å². The molecule has 3 aromatic heterocycles. The lowest BCUT2D eigenvalue weighted by Crippen LogP contribution is -2.37. The fraction of sp³-hybridized carbons (Fsp3) is 0.292. The van der Waals surface area contributed by atoms with Gasteiger partial charge in [-0.25, -0.2) is 9.97 Å². The van der Waals surface area contributed by atoms with E-state index >= 15 is 0 Å². The predicted molar refractivity (Wildman–Crippen MR) is 135 cm³/mol. The average molecular weight is 493 g/mol. The number of pyridine rings is 1. The highest BCUT2D eigenvalue weighted by Crippen LogP contribution is 2.26. The van der Waals surface area contributed by atoms with Crippen molar-refractivity contribution in [2.24, 2.45) is 0 Å². The number of rotatable bonds is 7. The van der Waals surface area contributed by atoms with Gasteiger partial charge in [0.25, 0.3) is 11.1 Å². The molecule has 2 amide bonds. The molecular formula is C24H24N6O2S2. The van der Waals surface area contributed by atoms with E-state index in [0.29, 0.717) is 28.6 Å². The minimum Gasteiger partial charge on any atom is -0.351 e. The molecule has 8 nitrogen and oxygen atoms in total. The van der Waals surface area contributed by atoms with Crippen LogP contribution in [0.5, 0.6) is 0 Å². The maximum atomic E-state index is 11.7. The summed E-state index contributed by atoms with van der Waals surface area (Å²) in [5.41, 5.74) is 3.83. The SMILES string of the molecule is O=C1NC(=O)/C(=C/c2ccnc(N[C@H]3CC[C@@H](NCc4cccc(-c5ccsc5)n4)CC3)n2)S1. The topological polar surface area (TPSA) is 109 Å². The third-order valence-corrected chi connectivity index (χ3v) is 7.35. The molecule has 0 aromatic carbocycles. The summed E-state index contributed by atoms with van der Waals surface area (Å²) in [6.07, 6.45) is 7.42. The van der Waals surface area contributed by atoms with Gasteiger partial charge in [-0.2, -0.15) is 11.3 Å². The third kappa shape index (κ3) is 5.69. The number of carbonyl (C=O) groups excluding carboxylic acids is 2. The number of hydrogen-bond donors (Lipinski definition) is 3. The normalized spacial score (nSPS) is 21.6. The van der Waals surface area contributed by atoms with Crippen molar-refractivity contribution in [2.45, 2.75) is 44.3 Å². The first-order valence-electron chi connectivity index (χ1n) is 11.2. The van der Waals surface area contributed by atoms with Crippen molar-refractivity contribution in [1.82, 2.24) is 25.6 Å². The summed E-state index contributed by atoms with van der Waals surface area (Å²) >= 11 is 2.57. The maximum Gasteiger partial charge on any atom is 0.290 e. The molecule has 1 aliphatic heterocycles. The summed E-state index contributed by atoms with van der Waals surface area (Å²) in [6, 6.07) is 10.8. The Kier molecular flexibility index (Phi) is 6.98. The zero-order valence-electron chi connectivity index (χ0n) is 18.4. The van der Waals surface area contributed by atoms with E-state index in [1.54, 1.807) is 29.7 Å². The second-order valence-electron chi connectivity index (χ2n) is 8.26. The fourth-order valence-corrected chi connectivity index (χ4v) is 5.42. The quantitative estimate of drug-likeness (QED) is 0.416. The van der Waals surface area contributed by atoms with Crippen molar-refractivity contribution in [3.8, 4) is 11.3 Å². The highest BCUT2D eigenvalue weighted by molar-refractivity contribution is 8.18. The first kappa shape index (κ1) is 22.7. The molecule has 3 aromatic rings. The second kappa shape index (κ2) is 10.5. The minimum atomic E-state index is -0.387. The van der Waals surface area contributed by atoms with Crippen LogP contribution in [0.2, 0.25) is 0 Å². The number of nitrogens with zero attached hydrogens (tertiary/aromatic N) is 3. The van der Waals surface area contributed by atoms with Crippen LogP contribution in [0.15, 0.2) is 52.2 Å². The number of nitrogens with one attached hydrogen (secondary N) is 3. The molecule has 1 saturated heterocycles. The third-order valence-electron chi connectivity index (χ3n) is 5.85. The number of thiophene rings is 1. The molecule has 4 heterocycles. The zero-order valence-corrected chi connectivity index (χ0v) is 20.0. The Morgan fingerprint density at radius 2 is 1.91 bits per heavy atom. The first-order valence-corrected chi connectivity index (χ1v) is 12.9. The van der Waals surface area contributed by atoms with E-state index in [9.17, 15) is 9.59 Å². The Morgan fingerprint density at radius 1 is 1.06 bits per heavy atom. The van der Waals surface area contributed by atoms with Gasteiger partial charge in [0.15, 0.2) is 0 Å². The van der Waals surface area contributed by atoms with Crippen molar-refractivity contribution >= 4 is 46.3 Å². The van der Waals surface area contributed by atoms with Crippen LogP contribution in [-0.2, 0) is 11.3 Å². The Bertz CT molecular complexity index is 1210. The van der Waals surface area contributed by atoms with Crippen molar-refractivity contribution in [1.29, 1.82) is 0 Å². The summed E-state index contributed by atoms with van der Waals surface area (Å²) in [5.74, 6) is 0.150. The standard InChI is InChI=1S/C24H24N6O2S2/c31-22-21(34-24(32)30-22)12-18-8-10-25-23(29-18)28-17-6-4-16(5-7-17)26-13-19-2-1-3-20(27-19)15-9-11-33-14-15/h1-3,8-12,14,16-17,26H,4-7,13H2,(H,25,28,29)(H,30,31,32)/b21-12-/t16-,17+. The molecule has 34 heavy (non-hydrogen) atoms. The number of imide groups is 1. The number of aromatic nitrogens is 3. The minimum absolute atomic E-state index is 0.298. The van der Waals surface area contributed by atoms with Gasteiger partial charge in [0, 0.05) is 35.8 Å². The summed E-state index contributed by atoms with van der Waals surface area (Å²) in [5, 5.41) is 13.2. The second-order valence-corrected chi connectivity index (χ2v) is 10.1. The molecule has 1 aliphatic carbocycles. The molecule has 5 rings (SSSR count). The molecule has 0 bridgehead atoms. The van der Waals surface area contributed by atoms with Gasteiger partial charge in [0.1, 0.15) is 0 Å². The van der Waals surface area contributed by atoms with Crippen LogP contribution in [0.3, 0.4) is 0 Å². The molecule has 0 unspecified atom stereocenters. The Labute approximate surface area is 205 Å². The molecule has 2 aliphatic rings. The van der Waals surface area contributed by atoms with Crippen LogP contribution in [0.4, 0.5) is 10.7 Å². The first-order chi connectivity index (χ1) is 16.6. The summed E-state index contributed by atoms with van der Waals surface area (Å²) < 4.78 is 0. The molecular weight excluding hydrogens is 468 g/mol. The largest absolute Gasteiger partial charge is 0.351 e. The average Bonchev–Trinajstić information content (AvgIpc) is 3.49. The summed E-state index contributed by atoms with van der Waals surface area (Å²) in [6.45, 7) is 0.759. The molecule has 0 atom stereocenters. The molecule has 10 heteroatoms. The number of thioether (sulfide) groups is 1. The number of hydrogen-bond acceptors (Lipinski definition) is 9. The Balaban J connectivity index is 1.11. The van der Waals surface area contributed by atoms with E-state index in [1.807, 2.05) is 0 Å². The van der Waals surface area contributed by atoms with Gasteiger partial charge in [-0.1, -0.05) is 6.07 Å². The van der Waals surface area contributed by atoms with Crippen LogP contribution in [0.25, 0.3) is 17.3 Å². The highest BCUT2D eigenvalue weighted by atomic mass is 32.2. The summed E-state index contributed by atoms with van der Waals surface area (Å²) in [7, 11) is 0. The van der Waals surface area contributed by atoms with Crippen LogP contribution < -0.4 is 16.0 Å². The Hall–Kier alpha value is -3.08. The lowest BCUT2D eigenvalue weighted by atomic mass is 9.91. The van der Waals surface area contributed by atoms with Gasteiger partial charge >= 0.3 is 0 Å². The van der Waals surface area contributed by atoms with Gasteiger partial charge in [0.05, 0.1) is 22.0 Å².